The third kappa shape index (κ3) is 7.11. The Hall–Kier alpha value is -2.85. The highest BCUT2D eigenvalue weighted by molar-refractivity contribution is 5.50. The van der Waals surface area contributed by atoms with Crippen molar-refractivity contribution in [2.45, 2.75) is 38.3 Å². The molecule has 3 rings (SSSR count). The van der Waals surface area contributed by atoms with E-state index < -0.39 is 6.36 Å². The van der Waals surface area contributed by atoms with Gasteiger partial charge in [-0.15, -0.1) is 23.4 Å². The third-order valence-electron chi connectivity index (χ3n) is 4.89. The van der Waals surface area contributed by atoms with E-state index in [0.29, 0.717) is 23.0 Å². The molecule has 1 fully saturated rings. The highest BCUT2D eigenvalue weighted by Gasteiger charge is 2.31. The predicted octanol–water partition coefficient (Wildman–Crippen LogP) is 4.19. The second kappa shape index (κ2) is 10.5. The van der Waals surface area contributed by atoms with Crippen LogP contribution in [0, 0.1) is 0 Å². The molecule has 0 aliphatic carbocycles. The molecule has 0 amide bonds. The second-order valence-electron chi connectivity index (χ2n) is 7.17. The first-order chi connectivity index (χ1) is 14.8. The summed E-state index contributed by atoms with van der Waals surface area (Å²) in [4.78, 5) is 2.35. The summed E-state index contributed by atoms with van der Waals surface area (Å²) >= 11 is 0. The summed E-state index contributed by atoms with van der Waals surface area (Å²) in [6.07, 6.45) is 2.85. The average Bonchev–Trinajstić information content (AvgIpc) is 3.19. The van der Waals surface area contributed by atoms with Crippen LogP contribution in [0.2, 0.25) is 0 Å². The van der Waals surface area contributed by atoms with Gasteiger partial charge in [0.2, 0.25) is 11.8 Å². The quantitative estimate of drug-likeness (QED) is 0.464. The third-order valence-corrected chi connectivity index (χ3v) is 4.89. The van der Waals surface area contributed by atoms with E-state index in [2.05, 4.69) is 32.5 Å². The minimum Gasteiger partial charge on any atom is -0.422 e. The minimum absolute atomic E-state index is 0.0186. The van der Waals surface area contributed by atoms with Crippen LogP contribution in [0.5, 0.6) is 5.75 Å². The van der Waals surface area contributed by atoms with Gasteiger partial charge in [0, 0.05) is 23.7 Å². The lowest BCUT2D eigenvalue weighted by Gasteiger charge is -2.29. The van der Waals surface area contributed by atoms with Crippen molar-refractivity contribution in [3.8, 4) is 5.75 Å². The fourth-order valence-electron chi connectivity index (χ4n) is 3.31. The van der Waals surface area contributed by atoms with Crippen LogP contribution in [0.1, 0.15) is 36.1 Å². The monoisotopic (exact) mass is 438 g/mol. The van der Waals surface area contributed by atoms with Crippen molar-refractivity contribution in [3.05, 3.63) is 60.4 Å². The van der Waals surface area contributed by atoms with Crippen LogP contribution in [0.3, 0.4) is 0 Å². The van der Waals surface area contributed by atoms with Gasteiger partial charge in [-0.25, -0.2) is 0 Å². The number of nitrogen functional groups attached to an aromatic ring is 1. The zero-order chi connectivity index (χ0) is 22.3. The number of hydrogen-bond donors (Lipinski definition) is 1. The Bertz CT molecular complexity index is 890. The van der Waals surface area contributed by atoms with E-state index in [1.807, 2.05) is 6.08 Å². The highest BCUT2D eigenvalue weighted by atomic mass is 19.4. The Morgan fingerprint density at radius 3 is 2.71 bits per heavy atom. The second-order valence-corrected chi connectivity index (χ2v) is 7.17. The Labute approximate surface area is 178 Å². The topological polar surface area (TPSA) is 86.6 Å². The van der Waals surface area contributed by atoms with Gasteiger partial charge in [-0.3, -0.25) is 4.90 Å². The molecule has 7 nitrogen and oxygen atoms in total. The SMILES string of the molecule is C=C/C=C\CN1CCC(c2nnc(COCc3cc(OC(F)(F)F)ccc3N)o2)CC1. The smallest absolute Gasteiger partial charge is 0.422 e. The van der Waals surface area contributed by atoms with Gasteiger partial charge in [0.05, 0.1) is 6.61 Å². The first-order valence-corrected chi connectivity index (χ1v) is 9.88. The van der Waals surface area contributed by atoms with E-state index in [1.165, 1.54) is 12.1 Å². The molecule has 31 heavy (non-hydrogen) atoms. The molecule has 0 unspecified atom stereocenters. The summed E-state index contributed by atoms with van der Waals surface area (Å²) in [5.41, 5.74) is 6.48. The number of allylic oxidation sites excluding steroid dienone is 2. The summed E-state index contributed by atoms with van der Waals surface area (Å²) < 4.78 is 52.2. The fraction of sp³-hybridized carbons (Fsp3) is 0.429. The van der Waals surface area contributed by atoms with Crippen LogP contribution in [-0.2, 0) is 18.0 Å². The molecule has 0 saturated carbocycles. The Morgan fingerprint density at radius 2 is 2.00 bits per heavy atom. The molecule has 1 saturated heterocycles. The van der Waals surface area contributed by atoms with Crippen molar-refractivity contribution in [3.63, 3.8) is 0 Å². The van der Waals surface area contributed by atoms with Crippen LogP contribution in [0.4, 0.5) is 18.9 Å². The number of hydrogen-bond acceptors (Lipinski definition) is 7. The lowest BCUT2D eigenvalue weighted by molar-refractivity contribution is -0.274. The molecule has 0 radical (unpaired) electrons. The van der Waals surface area contributed by atoms with E-state index >= 15 is 0 Å². The molecule has 1 aliphatic heterocycles. The maximum Gasteiger partial charge on any atom is 0.573 e. The normalized spacial score (nSPS) is 16.1. The average molecular weight is 438 g/mol. The van der Waals surface area contributed by atoms with Gasteiger partial charge in [-0.05, 0) is 44.1 Å². The Morgan fingerprint density at radius 1 is 1.23 bits per heavy atom. The number of alkyl halides is 3. The van der Waals surface area contributed by atoms with Crippen molar-refractivity contribution in [2.24, 2.45) is 0 Å². The van der Waals surface area contributed by atoms with Crippen molar-refractivity contribution in [1.29, 1.82) is 0 Å². The van der Waals surface area contributed by atoms with Crippen molar-refractivity contribution < 1.29 is 27.1 Å². The summed E-state index contributed by atoms with van der Waals surface area (Å²) in [6.45, 7) is 6.44. The first kappa shape index (κ1) is 22.8. The lowest BCUT2D eigenvalue weighted by Crippen LogP contribution is -2.33. The van der Waals surface area contributed by atoms with Crippen LogP contribution in [0.15, 0.2) is 47.4 Å². The molecule has 0 bridgehead atoms. The summed E-state index contributed by atoms with van der Waals surface area (Å²) in [7, 11) is 0. The zero-order valence-corrected chi connectivity index (χ0v) is 17.0. The van der Waals surface area contributed by atoms with E-state index in [-0.39, 0.29) is 24.9 Å². The number of ether oxygens (including phenoxy) is 2. The predicted molar refractivity (Wildman–Crippen MR) is 108 cm³/mol. The van der Waals surface area contributed by atoms with Gasteiger partial charge in [-0.1, -0.05) is 24.8 Å². The molecular formula is C21H25F3N4O3. The Kier molecular flexibility index (Phi) is 7.69. The standard InChI is InChI=1S/C21H25F3N4O3/c1-2-3-4-9-28-10-7-15(8-11-28)20-27-26-19(30-20)14-29-13-16-12-17(5-6-18(16)25)31-21(22,23)24/h2-6,12,15H,1,7-11,13-14,25H2/b4-3-. The van der Waals surface area contributed by atoms with Crippen molar-refractivity contribution in [1.82, 2.24) is 15.1 Å². The molecule has 1 aromatic carbocycles. The molecule has 2 N–H and O–H groups in total. The van der Waals surface area contributed by atoms with Gasteiger partial charge in [0.1, 0.15) is 12.4 Å². The number of piperidine rings is 1. The molecule has 2 aromatic rings. The summed E-state index contributed by atoms with van der Waals surface area (Å²) in [5.74, 6) is 0.743. The van der Waals surface area contributed by atoms with Gasteiger partial charge in [0.15, 0.2) is 0 Å². The van der Waals surface area contributed by atoms with E-state index in [4.69, 9.17) is 14.9 Å². The number of nitrogens with two attached hydrogens (primary N) is 1. The summed E-state index contributed by atoms with van der Waals surface area (Å²) in [6, 6.07) is 3.68. The van der Waals surface area contributed by atoms with Crippen molar-refractivity contribution in [2.75, 3.05) is 25.4 Å². The van der Waals surface area contributed by atoms with Gasteiger partial charge in [0.25, 0.3) is 0 Å². The lowest BCUT2D eigenvalue weighted by atomic mass is 9.97. The number of halogens is 3. The van der Waals surface area contributed by atoms with Crippen LogP contribution in [-0.4, -0.2) is 41.1 Å². The number of likely N-dealkylation sites (tertiary alicyclic amines) is 1. The van der Waals surface area contributed by atoms with Crippen LogP contribution in [0.25, 0.3) is 0 Å². The largest absolute Gasteiger partial charge is 0.573 e. The molecule has 0 atom stereocenters. The maximum atomic E-state index is 12.4. The molecule has 2 heterocycles. The molecule has 10 heteroatoms. The number of anilines is 1. The minimum atomic E-state index is -4.77. The molecule has 0 spiro atoms. The van der Waals surface area contributed by atoms with Gasteiger partial charge >= 0.3 is 6.36 Å². The van der Waals surface area contributed by atoms with Gasteiger partial charge in [-0.2, -0.15) is 0 Å². The van der Waals surface area contributed by atoms with E-state index in [0.717, 1.165) is 38.5 Å². The van der Waals surface area contributed by atoms with Crippen LogP contribution >= 0.6 is 0 Å². The molecule has 1 aromatic heterocycles. The van der Waals surface area contributed by atoms with Crippen molar-refractivity contribution >= 4 is 5.69 Å². The zero-order valence-electron chi connectivity index (χ0n) is 17.0. The number of benzene rings is 1. The number of aromatic nitrogens is 2. The first-order valence-electron chi connectivity index (χ1n) is 9.88. The number of nitrogens with zero attached hydrogens (tertiary/aromatic N) is 3. The van der Waals surface area contributed by atoms with E-state index in [9.17, 15) is 13.2 Å². The maximum absolute atomic E-state index is 12.4. The van der Waals surface area contributed by atoms with E-state index in [1.54, 1.807) is 6.08 Å². The molecular weight excluding hydrogens is 413 g/mol. The Balaban J connectivity index is 1.47. The summed E-state index contributed by atoms with van der Waals surface area (Å²) in [5, 5.41) is 8.13. The van der Waals surface area contributed by atoms with Crippen LogP contribution < -0.4 is 10.5 Å². The van der Waals surface area contributed by atoms with Gasteiger partial charge < -0.3 is 19.6 Å². The molecule has 168 valence electrons. The molecule has 1 aliphatic rings. The number of rotatable bonds is 9. The highest BCUT2D eigenvalue weighted by Crippen LogP contribution is 2.28. The fourth-order valence-corrected chi connectivity index (χ4v) is 3.31.